The van der Waals surface area contributed by atoms with Crippen LogP contribution >= 0.6 is 27.5 Å². The molecule has 3 heterocycles. The number of halogens is 2. The lowest BCUT2D eigenvalue weighted by atomic mass is 9.84. The van der Waals surface area contributed by atoms with E-state index in [2.05, 4.69) is 31.3 Å². The minimum atomic E-state index is -0.389. The summed E-state index contributed by atoms with van der Waals surface area (Å²) in [7, 11) is 3.30. The largest absolute Gasteiger partial charge is 0.497 e. The highest BCUT2D eigenvalue weighted by Crippen LogP contribution is 2.51. The second-order valence-corrected chi connectivity index (χ2v) is 9.48. The predicted octanol–water partition coefficient (Wildman–Crippen LogP) is 6.27. The van der Waals surface area contributed by atoms with Gasteiger partial charge in [-0.05, 0) is 69.5 Å². The van der Waals surface area contributed by atoms with Gasteiger partial charge in [-0.15, -0.1) is 0 Å². The molecule has 2 aliphatic rings. The molecule has 176 valence electrons. The molecule has 0 unspecified atom stereocenters. The summed E-state index contributed by atoms with van der Waals surface area (Å²) < 4.78 is 20.2. The lowest BCUT2D eigenvalue weighted by Gasteiger charge is -2.39. The molecule has 0 aliphatic carbocycles. The monoisotopic (exact) mass is 550 g/mol. The van der Waals surface area contributed by atoms with Crippen LogP contribution in [0.4, 0.5) is 5.95 Å². The molecule has 0 saturated heterocycles. The second kappa shape index (κ2) is 8.62. The normalized spacial score (nSPS) is 18.1. The van der Waals surface area contributed by atoms with Crippen molar-refractivity contribution in [1.29, 1.82) is 0 Å². The van der Waals surface area contributed by atoms with Crippen LogP contribution in [0.25, 0.3) is 5.70 Å². The first kappa shape index (κ1) is 22.0. The summed E-state index contributed by atoms with van der Waals surface area (Å²) in [5, 5.41) is 8.68. The van der Waals surface area contributed by atoms with E-state index in [1.807, 2.05) is 65.3 Å². The van der Waals surface area contributed by atoms with Gasteiger partial charge >= 0.3 is 0 Å². The van der Waals surface area contributed by atoms with Gasteiger partial charge in [-0.2, -0.15) is 10.1 Å². The Morgan fingerprint density at radius 2 is 1.80 bits per heavy atom. The van der Waals surface area contributed by atoms with Crippen molar-refractivity contribution in [1.82, 2.24) is 14.8 Å². The van der Waals surface area contributed by atoms with E-state index in [9.17, 15) is 0 Å². The zero-order valence-electron chi connectivity index (χ0n) is 18.8. The van der Waals surface area contributed by atoms with Crippen molar-refractivity contribution in [2.24, 2.45) is 0 Å². The standard InChI is InChI=1S/C26H20BrClN4O3/c1-33-17-7-3-14(4-8-17)25-22-23(18-12-16(28)6-10-20(18)35-25)31-26-29-13-30-32(26)24(22)15-5-9-21(34-2)19(27)11-15/h3-13,24-25H,1-2H3,(H,29,30,31)/t24-,25-/m1/s1. The molecule has 0 saturated carbocycles. The SMILES string of the molecule is COc1ccc([C@H]2Oc3ccc(Cl)cc3C3=C2[C@@H](c2ccc(OC)c(Br)c2)n2ncnc2N3)cc1. The molecule has 0 bridgehead atoms. The molecule has 0 amide bonds. The first-order valence-corrected chi connectivity index (χ1v) is 12.1. The number of nitrogens with zero attached hydrogens (tertiary/aromatic N) is 3. The molecular weight excluding hydrogens is 532 g/mol. The van der Waals surface area contributed by atoms with Crippen LogP contribution in [0.15, 0.2) is 77.0 Å². The van der Waals surface area contributed by atoms with Gasteiger partial charge in [0.25, 0.3) is 0 Å². The number of fused-ring (bicyclic) bond motifs is 3. The molecule has 4 aromatic rings. The Hall–Kier alpha value is -3.49. The highest BCUT2D eigenvalue weighted by atomic mass is 79.9. The summed E-state index contributed by atoms with van der Waals surface area (Å²) in [6, 6.07) is 19.3. The van der Waals surface area contributed by atoms with Gasteiger partial charge in [0.05, 0.1) is 24.4 Å². The molecule has 0 fully saturated rings. The van der Waals surface area contributed by atoms with Crippen LogP contribution in [0.5, 0.6) is 17.2 Å². The Bertz CT molecular complexity index is 1470. The van der Waals surface area contributed by atoms with Crippen molar-refractivity contribution in [3.05, 3.63) is 98.7 Å². The minimum absolute atomic E-state index is 0.287. The molecular formula is C26H20BrClN4O3. The molecule has 2 atom stereocenters. The first-order valence-electron chi connectivity index (χ1n) is 10.9. The van der Waals surface area contributed by atoms with Gasteiger partial charge in [0.15, 0.2) is 0 Å². The Morgan fingerprint density at radius 3 is 2.54 bits per heavy atom. The zero-order valence-corrected chi connectivity index (χ0v) is 21.2. The van der Waals surface area contributed by atoms with Gasteiger partial charge < -0.3 is 19.5 Å². The average molecular weight is 552 g/mol. The summed E-state index contributed by atoms with van der Waals surface area (Å²) in [5.74, 6) is 2.91. The zero-order chi connectivity index (χ0) is 24.1. The maximum atomic E-state index is 6.64. The third kappa shape index (κ3) is 3.64. The Labute approximate surface area is 215 Å². The number of ether oxygens (including phenoxy) is 3. The van der Waals surface area contributed by atoms with Gasteiger partial charge in [-0.3, -0.25) is 0 Å². The second-order valence-electron chi connectivity index (χ2n) is 8.19. The third-order valence-electron chi connectivity index (χ3n) is 6.29. The highest BCUT2D eigenvalue weighted by Gasteiger charge is 2.41. The van der Waals surface area contributed by atoms with Gasteiger partial charge in [-0.25, -0.2) is 4.68 Å². The van der Waals surface area contributed by atoms with Crippen LogP contribution in [0.2, 0.25) is 5.02 Å². The Morgan fingerprint density at radius 1 is 1.00 bits per heavy atom. The molecule has 6 rings (SSSR count). The van der Waals surface area contributed by atoms with E-state index in [4.69, 9.17) is 25.8 Å². The van der Waals surface area contributed by atoms with Gasteiger partial charge in [0.1, 0.15) is 35.7 Å². The van der Waals surface area contributed by atoms with E-state index in [-0.39, 0.29) is 12.1 Å². The minimum Gasteiger partial charge on any atom is -0.497 e. The maximum absolute atomic E-state index is 6.64. The van der Waals surface area contributed by atoms with Gasteiger partial charge in [-0.1, -0.05) is 29.8 Å². The molecule has 2 aliphatic heterocycles. The number of aromatic nitrogens is 3. The van der Waals surface area contributed by atoms with E-state index >= 15 is 0 Å². The fourth-order valence-corrected chi connectivity index (χ4v) is 5.40. The van der Waals surface area contributed by atoms with E-state index in [0.29, 0.717) is 11.0 Å². The quantitative estimate of drug-likeness (QED) is 0.322. The summed E-state index contributed by atoms with van der Waals surface area (Å²) >= 11 is 10.0. The van der Waals surface area contributed by atoms with Crippen LogP contribution in [0.3, 0.4) is 0 Å². The Kier molecular flexibility index (Phi) is 5.42. The van der Waals surface area contributed by atoms with Crippen molar-refractivity contribution in [2.75, 3.05) is 19.5 Å². The van der Waals surface area contributed by atoms with Crippen molar-refractivity contribution in [3.8, 4) is 17.2 Å². The average Bonchev–Trinajstić information content (AvgIpc) is 3.35. The Balaban J connectivity index is 1.60. The number of anilines is 1. The lowest BCUT2D eigenvalue weighted by Crippen LogP contribution is -2.32. The van der Waals surface area contributed by atoms with Crippen LogP contribution in [0, 0.1) is 0 Å². The lowest BCUT2D eigenvalue weighted by molar-refractivity contribution is 0.223. The van der Waals surface area contributed by atoms with Crippen LogP contribution in [0.1, 0.15) is 28.8 Å². The van der Waals surface area contributed by atoms with Crippen LogP contribution in [-0.4, -0.2) is 29.0 Å². The topological polar surface area (TPSA) is 70.4 Å². The van der Waals surface area contributed by atoms with Crippen molar-refractivity contribution >= 4 is 39.2 Å². The van der Waals surface area contributed by atoms with E-state index in [1.54, 1.807) is 20.5 Å². The molecule has 0 spiro atoms. The van der Waals surface area contributed by atoms with E-state index in [1.165, 1.54) is 0 Å². The summed E-state index contributed by atoms with van der Waals surface area (Å²) in [6.45, 7) is 0. The molecule has 1 N–H and O–H groups in total. The summed E-state index contributed by atoms with van der Waals surface area (Å²) in [5.41, 5.74) is 4.78. The maximum Gasteiger partial charge on any atom is 0.226 e. The van der Waals surface area contributed by atoms with Gasteiger partial charge in [0, 0.05) is 16.2 Å². The number of methoxy groups -OCH3 is 2. The first-order chi connectivity index (χ1) is 17.1. The van der Waals surface area contributed by atoms with Crippen molar-refractivity contribution in [2.45, 2.75) is 12.1 Å². The molecule has 3 aromatic carbocycles. The van der Waals surface area contributed by atoms with Crippen molar-refractivity contribution in [3.63, 3.8) is 0 Å². The molecule has 1 aromatic heterocycles. The highest BCUT2D eigenvalue weighted by molar-refractivity contribution is 9.10. The molecule has 35 heavy (non-hydrogen) atoms. The van der Waals surface area contributed by atoms with E-state index in [0.717, 1.165) is 49.7 Å². The molecule has 7 nitrogen and oxygen atoms in total. The fraction of sp³-hybridized carbons (Fsp3) is 0.154. The number of benzene rings is 3. The van der Waals surface area contributed by atoms with Gasteiger partial charge in [0.2, 0.25) is 5.95 Å². The fourth-order valence-electron chi connectivity index (χ4n) is 4.67. The van der Waals surface area contributed by atoms with Crippen LogP contribution < -0.4 is 19.5 Å². The van der Waals surface area contributed by atoms with Crippen molar-refractivity contribution < 1.29 is 14.2 Å². The van der Waals surface area contributed by atoms with Crippen LogP contribution in [-0.2, 0) is 0 Å². The smallest absolute Gasteiger partial charge is 0.226 e. The number of hydrogen-bond donors (Lipinski definition) is 1. The predicted molar refractivity (Wildman–Crippen MR) is 137 cm³/mol. The number of hydrogen-bond acceptors (Lipinski definition) is 6. The third-order valence-corrected chi connectivity index (χ3v) is 7.14. The summed E-state index contributed by atoms with van der Waals surface area (Å²) in [6.07, 6.45) is 1.16. The summed E-state index contributed by atoms with van der Waals surface area (Å²) in [4.78, 5) is 4.48. The van der Waals surface area contributed by atoms with E-state index < -0.39 is 0 Å². The molecule has 0 radical (unpaired) electrons. The molecule has 9 heteroatoms. The number of rotatable bonds is 4. The number of nitrogens with one attached hydrogen (secondary N) is 1.